The molecular formula is C12H14N2O5S. The second-order valence-corrected chi connectivity index (χ2v) is 6.05. The summed E-state index contributed by atoms with van der Waals surface area (Å²) in [6, 6.07) is 4.82. The monoisotopic (exact) mass is 298 g/mol. The molecule has 1 aliphatic rings. The zero-order valence-corrected chi connectivity index (χ0v) is 11.6. The Bertz CT molecular complexity index is 624. The summed E-state index contributed by atoms with van der Waals surface area (Å²) < 4.78 is 31.1. The molecule has 2 N–H and O–H groups in total. The Morgan fingerprint density at radius 2 is 1.95 bits per heavy atom. The summed E-state index contributed by atoms with van der Waals surface area (Å²) in [6.07, 6.45) is 0.321. The highest BCUT2D eigenvalue weighted by Gasteiger charge is 2.31. The molecule has 1 atom stereocenters. The average Bonchev–Trinajstić information content (AvgIpc) is 2.74. The van der Waals surface area contributed by atoms with Crippen LogP contribution >= 0.6 is 0 Å². The van der Waals surface area contributed by atoms with Gasteiger partial charge in [0.15, 0.2) is 0 Å². The van der Waals surface area contributed by atoms with Gasteiger partial charge in [0.2, 0.25) is 15.9 Å². The molecule has 1 aromatic carbocycles. The van der Waals surface area contributed by atoms with Gasteiger partial charge in [0.1, 0.15) is 6.04 Å². The summed E-state index contributed by atoms with van der Waals surface area (Å²) in [6.45, 7) is 1.57. The van der Waals surface area contributed by atoms with E-state index in [0.717, 1.165) is 0 Å². The third-order valence-corrected chi connectivity index (χ3v) is 4.21. The summed E-state index contributed by atoms with van der Waals surface area (Å²) >= 11 is 0. The van der Waals surface area contributed by atoms with Gasteiger partial charge in [0.05, 0.1) is 11.5 Å². The number of hydrogen-bond donors (Lipinski definition) is 2. The van der Waals surface area contributed by atoms with Gasteiger partial charge >= 0.3 is 5.97 Å². The fourth-order valence-corrected chi connectivity index (χ4v) is 3.00. The fourth-order valence-electron chi connectivity index (χ4n) is 1.78. The van der Waals surface area contributed by atoms with Gasteiger partial charge in [0, 0.05) is 19.0 Å². The second-order valence-electron chi connectivity index (χ2n) is 4.34. The minimum absolute atomic E-state index is 0.0197. The van der Waals surface area contributed by atoms with Crippen LogP contribution in [0.4, 0.5) is 5.69 Å². The number of hydrogen-bond acceptors (Lipinski definition) is 5. The van der Waals surface area contributed by atoms with Gasteiger partial charge in [-0.2, -0.15) is 4.72 Å². The van der Waals surface area contributed by atoms with Crippen LogP contribution in [0.1, 0.15) is 13.3 Å². The number of ether oxygens (including phenoxy) is 1. The van der Waals surface area contributed by atoms with Crippen molar-refractivity contribution in [2.45, 2.75) is 24.3 Å². The first-order chi connectivity index (χ1) is 9.38. The summed E-state index contributed by atoms with van der Waals surface area (Å²) in [4.78, 5) is 22.1. The molecule has 0 aliphatic carbocycles. The maximum atomic E-state index is 12.1. The molecule has 0 radical (unpaired) electrons. The molecular weight excluding hydrogens is 284 g/mol. The topological polar surface area (TPSA) is 102 Å². The molecule has 0 aromatic heterocycles. The quantitative estimate of drug-likeness (QED) is 0.775. The lowest BCUT2D eigenvalue weighted by molar-refractivity contribution is -0.139. The third-order valence-electron chi connectivity index (χ3n) is 2.72. The smallest absolute Gasteiger partial charge is 0.324 e. The van der Waals surface area contributed by atoms with E-state index >= 15 is 0 Å². The van der Waals surface area contributed by atoms with Gasteiger partial charge in [-0.25, -0.2) is 8.42 Å². The van der Waals surface area contributed by atoms with Crippen LogP contribution in [0, 0.1) is 0 Å². The normalized spacial score (nSPS) is 18.6. The summed E-state index contributed by atoms with van der Waals surface area (Å²) in [5.74, 6) is -0.809. The number of nitrogens with one attached hydrogen (secondary N) is 2. The molecule has 8 heteroatoms. The predicted octanol–water partition coefficient (Wildman–Crippen LogP) is 0.239. The third kappa shape index (κ3) is 3.34. The van der Waals surface area contributed by atoms with E-state index in [4.69, 9.17) is 4.74 Å². The summed E-state index contributed by atoms with van der Waals surface area (Å²) in [7, 11) is -3.79. The number of sulfonamides is 1. The van der Waals surface area contributed by atoms with Crippen molar-refractivity contribution in [3.8, 4) is 0 Å². The van der Waals surface area contributed by atoms with Crippen molar-refractivity contribution in [1.82, 2.24) is 4.72 Å². The molecule has 0 spiro atoms. The van der Waals surface area contributed by atoms with Crippen LogP contribution in [0.15, 0.2) is 29.2 Å². The Morgan fingerprint density at radius 3 is 2.45 bits per heavy atom. The van der Waals surface area contributed by atoms with E-state index in [1.165, 1.54) is 31.2 Å². The van der Waals surface area contributed by atoms with E-state index in [-0.39, 0.29) is 17.4 Å². The van der Waals surface area contributed by atoms with Gasteiger partial charge in [-0.1, -0.05) is 0 Å². The number of carbonyl (C=O) groups excluding carboxylic acids is 2. The number of cyclic esters (lactones) is 1. The Hall–Kier alpha value is -1.93. The molecule has 1 fully saturated rings. The standard InChI is InChI=1S/C12H14N2O5S/c1-8(15)13-9-2-4-10(5-3-9)20(17,18)14-11-6-7-19-12(11)16/h2-5,11,14H,6-7H2,1H3,(H,13,15)/t11-/m0/s1. The Labute approximate surface area is 116 Å². The highest BCUT2D eigenvalue weighted by atomic mass is 32.2. The van der Waals surface area contributed by atoms with Crippen LogP contribution < -0.4 is 10.0 Å². The molecule has 7 nitrogen and oxygen atoms in total. The minimum Gasteiger partial charge on any atom is -0.464 e. The zero-order valence-electron chi connectivity index (χ0n) is 10.8. The van der Waals surface area contributed by atoms with Crippen LogP contribution in [0.5, 0.6) is 0 Å². The van der Waals surface area contributed by atoms with Crippen molar-refractivity contribution >= 4 is 27.6 Å². The van der Waals surface area contributed by atoms with Crippen LogP contribution in [0.3, 0.4) is 0 Å². The molecule has 2 rings (SSSR count). The van der Waals surface area contributed by atoms with Crippen molar-refractivity contribution < 1.29 is 22.7 Å². The zero-order chi connectivity index (χ0) is 14.8. The van der Waals surface area contributed by atoms with Crippen molar-refractivity contribution in [2.24, 2.45) is 0 Å². The van der Waals surface area contributed by atoms with E-state index < -0.39 is 22.0 Å². The first kappa shape index (κ1) is 14.5. The van der Waals surface area contributed by atoms with Crippen molar-refractivity contribution in [1.29, 1.82) is 0 Å². The lowest BCUT2D eigenvalue weighted by atomic mass is 10.3. The molecule has 1 aromatic rings. The van der Waals surface area contributed by atoms with Crippen LogP contribution in [-0.2, 0) is 24.3 Å². The van der Waals surface area contributed by atoms with Crippen molar-refractivity contribution in [3.63, 3.8) is 0 Å². The van der Waals surface area contributed by atoms with E-state index in [1.807, 2.05) is 0 Å². The highest BCUT2D eigenvalue weighted by molar-refractivity contribution is 7.89. The lowest BCUT2D eigenvalue weighted by Gasteiger charge is -2.10. The number of carbonyl (C=O) groups is 2. The van der Waals surface area contributed by atoms with Crippen LogP contribution in [0.2, 0.25) is 0 Å². The molecule has 1 heterocycles. The molecule has 0 saturated carbocycles. The van der Waals surface area contributed by atoms with E-state index in [2.05, 4.69) is 10.0 Å². The Balaban J connectivity index is 2.13. The van der Waals surface area contributed by atoms with E-state index in [0.29, 0.717) is 12.1 Å². The van der Waals surface area contributed by atoms with Gasteiger partial charge in [0.25, 0.3) is 0 Å². The first-order valence-corrected chi connectivity index (χ1v) is 7.43. The minimum atomic E-state index is -3.79. The maximum absolute atomic E-state index is 12.1. The van der Waals surface area contributed by atoms with Gasteiger partial charge in [-0.05, 0) is 24.3 Å². The van der Waals surface area contributed by atoms with E-state index in [1.54, 1.807) is 0 Å². The Kier molecular flexibility index (Phi) is 4.05. The van der Waals surface area contributed by atoms with Crippen molar-refractivity contribution in [2.75, 3.05) is 11.9 Å². The Morgan fingerprint density at radius 1 is 1.30 bits per heavy atom. The molecule has 1 amide bonds. The molecule has 1 aliphatic heterocycles. The highest BCUT2D eigenvalue weighted by Crippen LogP contribution is 2.16. The number of benzene rings is 1. The van der Waals surface area contributed by atoms with Gasteiger partial charge in [-0.15, -0.1) is 0 Å². The molecule has 0 bridgehead atoms. The van der Waals surface area contributed by atoms with Crippen molar-refractivity contribution in [3.05, 3.63) is 24.3 Å². The number of esters is 1. The largest absolute Gasteiger partial charge is 0.464 e. The molecule has 108 valence electrons. The lowest BCUT2D eigenvalue weighted by Crippen LogP contribution is -2.37. The molecule has 1 saturated heterocycles. The number of amides is 1. The summed E-state index contributed by atoms with van der Waals surface area (Å²) in [5, 5.41) is 2.54. The maximum Gasteiger partial charge on any atom is 0.324 e. The molecule has 0 unspecified atom stereocenters. The van der Waals surface area contributed by atoms with E-state index in [9.17, 15) is 18.0 Å². The van der Waals surface area contributed by atoms with Gasteiger partial charge in [-0.3, -0.25) is 9.59 Å². The first-order valence-electron chi connectivity index (χ1n) is 5.95. The SMILES string of the molecule is CC(=O)Nc1ccc(S(=O)(=O)N[C@H]2CCOC2=O)cc1. The summed E-state index contributed by atoms with van der Waals surface area (Å²) in [5.41, 5.74) is 0.497. The average molecular weight is 298 g/mol. The fraction of sp³-hybridized carbons (Fsp3) is 0.333. The van der Waals surface area contributed by atoms with Crippen LogP contribution in [0.25, 0.3) is 0 Å². The van der Waals surface area contributed by atoms with Gasteiger partial charge < -0.3 is 10.1 Å². The molecule has 20 heavy (non-hydrogen) atoms. The second kappa shape index (κ2) is 5.59. The number of anilines is 1. The predicted molar refractivity (Wildman–Crippen MR) is 70.4 cm³/mol. The van der Waals surface area contributed by atoms with Crippen LogP contribution in [-0.4, -0.2) is 32.9 Å². The number of rotatable bonds is 4.